The Morgan fingerprint density at radius 1 is 1.23 bits per heavy atom. The van der Waals surface area contributed by atoms with Crippen LogP contribution in [-0.2, 0) is 7.05 Å². The lowest BCUT2D eigenvalue weighted by Crippen LogP contribution is -2.25. The van der Waals surface area contributed by atoms with Gasteiger partial charge in [-0.3, -0.25) is 9.36 Å². The van der Waals surface area contributed by atoms with E-state index in [0.29, 0.717) is 33.8 Å². The van der Waals surface area contributed by atoms with E-state index in [1.54, 1.807) is 18.3 Å². The summed E-state index contributed by atoms with van der Waals surface area (Å²) in [5, 5.41) is 13.3. The topological polar surface area (TPSA) is 92.8 Å². The fourth-order valence-corrected chi connectivity index (χ4v) is 4.15. The number of aromatic nitrogens is 5. The number of halogens is 2. The Balaban J connectivity index is 1.47. The monoisotopic (exact) mass is 440 g/mol. The van der Waals surface area contributed by atoms with E-state index in [1.807, 2.05) is 11.6 Å². The summed E-state index contributed by atoms with van der Waals surface area (Å²) in [6.45, 7) is 0.764. The number of pyridine rings is 1. The van der Waals surface area contributed by atoms with Crippen LogP contribution in [0, 0.1) is 5.82 Å². The van der Waals surface area contributed by atoms with E-state index in [9.17, 15) is 9.18 Å². The lowest BCUT2D eigenvalue weighted by atomic mass is 10.1. The van der Waals surface area contributed by atoms with Crippen molar-refractivity contribution in [3.63, 3.8) is 0 Å². The molecule has 1 fully saturated rings. The van der Waals surface area contributed by atoms with Crippen molar-refractivity contribution in [2.24, 2.45) is 7.05 Å². The quantitative estimate of drug-likeness (QED) is 0.516. The highest BCUT2D eigenvalue weighted by molar-refractivity contribution is 6.30. The van der Waals surface area contributed by atoms with Crippen LogP contribution in [0.1, 0.15) is 24.6 Å². The average molecular weight is 441 g/mol. The molecule has 158 valence electrons. The molecule has 0 saturated carbocycles. The molecule has 1 N–H and O–H groups in total. The predicted octanol–water partition coefficient (Wildman–Crippen LogP) is 3.96. The van der Waals surface area contributed by atoms with Gasteiger partial charge in [0, 0.05) is 42.5 Å². The first-order valence-corrected chi connectivity index (χ1v) is 10.2. The van der Waals surface area contributed by atoms with Gasteiger partial charge in [-0.25, -0.2) is 4.39 Å². The zero-order chi connectivity index (χ0) is 21.5. The second-order valence-electron chi connectivity index (χ2n) is 7.42. The van der Waals surface area contributed by atoms with Gasteiger partial charge >= 0.3 is 0 Å². The molecule has 0 radical (unpaired) electrons. The van der Waals surface area contributed by atoms with E-state index >= 15 is 0 Å². The van der Waals surface area contributed by atoms with E-state index in [1.165, 1.54) is 24.3 Å². The van der Waals surface area contributed by atoms with Gasteiger partial charge in [0.25, 0.3) is 0 Å². The van der Waals surface area contributed by atoms with Gasteiger partial charge < -0.3 is 14.4 Å². The molecular formula is C21H18ClFN6O2. The zero-order valence-corrected chi connectivity index (χ0v) is 17.3. The zero-order valence-electron chi connectivity index (χ0n) is 16.5. The van der Waals surface area contributed by atoms with Gasteiger partial charge in [0.05, 0.1) is 11.6 Å². The molecule has 1 atom stereocenters. The van der Waals surface area contributed by atoms with Gasteiger partial charge in [-0.1, -0.05) is 16.8 Å². The number of nitrogens with one attached hydrogen (secondary N) is 1. The summed E-state index contributed by atoms with van der Waals surface area (Å²) in [7, 11) is 1.86. The molecule has 0 bridgehead atoms. The molecule has 31 heavy (non-hydrogen) atoms. The number of rotatable bonds is 4. The number of H-pyrrole nitrogens is 1. The maximum Gasteiger partial charge on any atom is 0.248 e. The first-order chi connectivity index (χ1) is 15.0. The minimum atomic E-state index is -0.425. The molecule has 4 heterocycles. The van der Waals surface area contributed by atoms with Gasteiger partial charge in [-0.15, -0.1) is 10.2 Å². The number of hydrogen-bond acceptors (Lipinski definition) is 6. The summed E-state index contributed by atoms with van der Waals surface area (Å²) >= 11 is 6.01. The number of aromatic amines is 1. The van der Waals surface area contributed by atoms with Crippen molar-refractivity contribution in [1.29, 1.82) is 0 Å². The second-order valence-corrected chi connectivity index (χ2v) is 7.85. The molecule has 5 rings (SSSR count). The molecule has 8 nitrogen and oxygen atoms in total. The van der Waals surface area contributed by atoms with Gasteiger partial charge in [-0.05, 0) is 37.1 Å². The molecule has 1 aromatic carbocycles. The van der Waals surface area contributed by atoms with Crippen molar-refractivity contribution in [2.45, 2.75) is 18.9 Å². The van der Waals surface area contributed by atoms with Crippen molar-refractivity contribution in [1.82, 2.24) is 24.9 Å². The molecule has 0 amide bonds. The summed E-state index contributed by atoms with van der Waals surface area (Å²) < 4.78 is 21.5. The fourth-order valence-electron chi connectivity index (χ4n) is 3.98. The highest BCUT2D eigenvalue weighted by atomic mass is 35.5. The molecule has 1 aliphatic rings. The molecule has 0 spiro atoms. The van der Waals surface area contributed by atoms with Crippen LogP contribution < -0.4 is 10.5 Å². The van der Waals surface area contributed by atoms with Crippen LogP contribution in [0.25, 0.3) is 22.7 Å². The molecule has 4 aromatic rings. The van der Waals surface area contributed by atoms with Crippen LogP contribution in [0.15, 0.2) is 51.9 Å². The van der Waals surface area contributed by atoms with E-state index in [2.05, 4.69) is 25.2 Å². The average Bonchev–Trinajstić information content (AvgIpc) is 3.48. The van der Waals surface area contributed by atoms with Crippen LogP contribution in [0.4, 0.5) is 10.3 Å². The van der Waals surface area contributed by atoms with Gasteiger partial charge in [0.1, 0.15) is 11.5 Å². The van der Waals surface area contributed by atoms with Crippen molar-refractivity contribution in [3.05, 3.63) is 69.5 Å². The molecular weight excluding hydrogens is 423 g/mol. The highest BCUT2D eigenvalue weighted by Gasteiger charge is 2.32. The SMILES string of the molecule is Cn1c(-c2cc[nH]c(=O)c2)nnc1N1CCCC1c1cc(-c2cc(Cl)ccc2F)on1. The summed E-state index contributed by atoms with van der Waals surface area (Å²) in [4.78, 5) is 16.4. The fraction of sp³-hybridized carbons (Fsp3) is 0.238. The maximum atomic E-state index is 14.2. The largest absolute Gasteiger partial charge is 0.356 e. The minimum absolute atomic E-state index is 0.0883. The number of anilines is 1. The minimum Gasteiger partial charge on any atom is -0.356 e. The third kappa shape index (κ3) is 3.50. The Labute approximate surface area is 181 Å². The molecule has 1 unspecified atom stereocenters. The van der Waals surface area contributed by atoms with Gasteiger partial charge in [0.2, 0.25) is 11.5 Å². The Kier molecular flexibility index (Phi) is 4.82. The number of hydrogen-bond donors (Lipinski definition) is 1. The Bertz CT molecular complexity index is 1310. The van der Waals surface area contributed by atoms with Crippen LogP contribution in [0.2, 0.25) is 5.02 Å². The summed E-state index contributed by atoms with van der Waals surface area (Å²) in [6.07, 6.45) is 3.36. The molecule has 10 heteroatoms. The highest BCUT2D eigenvalue weighted by Crippen LogP contribution is 2.37. The standard InChI is InChI=1S/C21H18ClFN6O2/c1-28-20(12-6-7-24-19(30)9-12)25-26-21(28)29-8-2-3-17(29)16-11-18(31-27-16)14-10-13(22)4-5-15(14)23/h4-7,9-11,17H,2-3,8H2,1H3,(H,24,30). The first kappa shape index (κ1) is 19.5. The van der Waals surface area contributed by atoms with Crippen LogP contribution in [0.5, 0.6) is 0 Å². The number of benzene rings is 1. The van der Waals surface area contributed by atoms with Gasteiger partial charge in [0.15, 0.2) is 11.6 Å². The predicted molar refractivity (Wildman–Crippen MR) is 113 cm³/mol. The molecule has 1 saturated heterocycles. The van der Waals surface area contributed by atoms with Crippen molar-refractivity contribution >= 4 is 17.5 Å². The van der Waals surface area contributed by atoms with Crippen molar-refractivity contribution < 1.29 is 8.91 Å². The number of nitrogens with zero attached hydrogens (tertiary/aromatic N) is 5. The van der Waals surface area contributed by atoms with E-state index in [4.69, 9.17) is 16.1 Å². The molecule has 0 aliphatic carbocycles. The summed E-state index contributed by atoms with van der Waals surface area (Å²) in [5.74, 6) is 1.15. The Hall–Kier alpha value is -3.46. The van der Waals surface area contributed by atoms with Crippen LogP contribution in [0.3, 0.4) is 0 Å². The lowest BCUT2D eigenvalue weighted by molar-refractivity contribution is 0.414. The van der Waals surface area contributed by atoms with E-state index < -0.39 is 5.82 Å². The molecule has 1 aliphatic heterocycles. The first-order valence-electron chi connectivity index (χ1n) is 9.78. The third-order valence-corrected chi connectivity index (χ3v) is 5.69. The van der Waals surface area contributed by atoms with E-state index in [-0.39, 0.29) is 17.2 Å². The second kappa shape index (κ2) is 7.66. The van der Waals surface area contributed by atoms with Crippen LogP contribution in [-0.4, -0.2) is 31.4 Å². The van der Waals surface area contributed by atoms with Crippen LogP contribution >= 0.6 is 11.6 Å². The maximum absolute atomic E-state index is 14.2. The Morgan fingerprint density at radius 3 is 2.94 bits per heavy atom. The van der Waals surface area contributed by atoms with Crippen molar-refractivity contribution in [2.75, 3.05) is 11.4 Å². The normalized spacial score (nSPS) is 16.2. The molecule has 3 aromatic heterocycles. The smallest absolute Gasteiger partial charge is 0.248 e. The summed E-state index contributed by atoms with van der Waals surface area (Å²) in [5.41, 5.74) is 1.43. The summed E-state index contributed by atoms with van der Waals surface area (Å²) in [6, 6.07) is 9.23. The third-order valence-electron chi connectivity index (χ3n) is 5.46. The van der Waals surface area contributed by atoms with Crippen molar-refractivity contribution in [3.8, 4) is 22.7 Å². The lowest BCUT2D eigenvalue weighted by Gasteiger charge is -2.23. The Morgan fingerprint density at radius 2 is 2.10 bits per heavy atom. The van der Waals surface area contributed by atoms with E-state index in [0.717, 1.165) is 19.4 Å². The van der Waals surface area contributed by atoms with Gasteiger partial charge in [-0.2, -0.15) is 0 Å².